The van der Waals surface area contributed by atoms with Crippen LogP contribution in [0.25, 0.3) is 0 Å². The minimum atomic E-state index is 0.197. The third kappa shape index (κ3) is 3.89. The number of amides is 1. The van der Waals surface area contributed by atoms with Crippen molar-refractivity contribution in [1.29, 1.82) is 0 Å². The molecule has 3 heteroatoms. The van der Waals surface area contributed by atoms with Gasteiger partial charge in [0.1, 0.15) is 0 Å². The number of carbonyl (C=O) groups excluding carboxylic acids is 1. The zero-order chi connectivity index (χ0) is 12.0. The summed E-state index contributed by atoms with van der Waals surface area (Å²) in [4.78, 5) is 14.8. The Morgan fingerprint density at radius 2 is 2.00 bits per heavy atom. The van der Waals surface area contributed by atoms with E-state index >= 15 is 0 Å². The number of rotatable bonds is 5. The van der Waals surface area contributed by atoms with Crippen molar-refractivity contribution in [3.8, 4) is 0 Å². The molecule has 1 unspecified atom stereocenters. The normalized spacial score (nSPS) is 12.2. The van der Waals surface area contributed by atoms with Gasteiger partial charge in [0.2, 0.25) is 5.91 Å². The van der Waals surface area contributed by atoms with Crippen LogP contribution in [0, 0.1) is 0 Å². The second kappa shape index (κ2) is 6.59. The highest BCUT2D eigenvalue weighted by Crippen LogP contribution is 2.17. The fraction of sp³-hybridized carbons (Fsp3) is 0.462. The summed E-state index contributed by atoms with van der Waals surface area (Å²) in [6.45, 7) is 4.17. The Balaban J connectivity index is 2.41. The number of nitrogens with zero attached hydrogens (tertiary/aromatic N) is 1. The van der Waals surface area contributed by atoms with Gasteiger partial charge in [-0.3, -0.25) is 4.79 Å². The predicted octanol–water partition coefficient (Wildman–Crippen LogP) is 3.04. The molecule has 0 heterocycles. The van der Waals surface area contributed by atoms with E-state index in [2.05, 4.69) is 13.8 Å². The Hall–Kier alpha value is -0.960. The highest BCUT2D eigenvalue weighted by molar-refractivity contribution is 8.00. The molecule has 0 aliphatic rings. The Morgan fingerprint density at radius 3 is 2.56 bits per heavy atom. The molecule has 16 heavy (non-hydrogen) atoms. The Kier molecular flexibility index (Phi) is 5.39. The number of hydrogen-bond donors (Lipinski definition) is 0. The molecule has 0 spiro atoms. The molecule has 1 aromatic carbocycles. The zero-order valence-electron chi connectivity index (χ0n) is 10.1. The molecule has 1 atom stereocenters. The van der Waals surface area contributed by atoms with Gasteiger partial charge in [0.05, 0.1) is 5.75 Å². The summed E-state index contributed by atoms with van der Waals surface area (Å²) in [5.74, 6) is 0.716. The van der Waals surface area contributed by atoms with Crippen LogP contribution in [0.5, 0.6) is 0 Å². The molecule has 0 saturated carbocycles. The highest BCUT2D eigenvalue weighted by Gasteiger charge is 2.13. The van der Waals surface area contributed by atoms with Gasteiger partial charge in [-0.15, -0.1) is 11.8 Å². The molecule has 1 amide bonds. The van der Waals surface area contributed by atoms with E-state index in [4.69, 9.17) is 0 Å². The summed E-state index contributed by atoms with van der Waals surface area (Å²) >= 11 is 1.59. The first-order valence-electron chi connectivity index (χ1n) is 5.58. The van der Waals surface area contributed by atoms with Gasteiger partial charge < -0.3 is 4.90 Å². The van der Waals surface area contributed by atoms with E-state index in [1.54, 1.807) is 11.8 Å². The second-order valence-electron chi connectivity index (χ2n) is 3.86. The Morgan fingerprint density at radius 1 is 1.38 bits per heavy atom. The van der Waals surface area contributed by atoms with E-state index in [0.29, 0.717) is 11.8 Å². The molecule has 1 aromatic rings. The van der Waals surface area contributed by atoms with Crippen LogP contribution in [0.1, 0.15) is 20.3 Å². The Bertz CT molecular complexity index is 326. The molecule has 0 bridgehead atoms. The molecular weight excluding hydrogens is 218 g/mol. The van der Waals surface area contributed by atoms with Gasteiger partial charge in [-0.05, 0) is 25.5 Å². The fourth-order valence-electron chi connectivity index (χ4n) is 1.28. The standard InChI is InChI=1S/C13H19NOS/c1-4-11(2)14(3)13(15)10-16-12-8-6-5-7-9-12/h5-9,11H,4,10H2,1-3H3. The maximum Gasteiger partial charge on any atom is 0.232 e. The van der Waals surface area contributed by atoms with Crippen molar-refractivity contribution < 1.29 is 4.79 Å². The largest absolute Gasteiger partial charge is 0.342 e. The van der Waals surface area contributed by atoms with Crippen LogP contribution in [-0.2, 0) is 4.79 Å². The lowest BCUT2D eigenvalue weighted by molar-refractivity contribution is -0.128. The van der Waals surface area contributed by atoms with E-state index in [9.17, 15) is 4.79 Å². The average molecular weight is 237 g/mol. The van der Waals surface area contributed by atoms with Gasteiger partial charge >= 0.3 is 0 Å². The van der Waals surface area contributed by atoms with Gasteiger partial charge in [0, 0.05) is 18.0 Å². The summed E-state index contributed by atoms with van der Waals surface area (Å²) < 4.78 is 0. The SMILES string of the molecule is CCC(C)N(C)C(=O)CSc1ccccc1. The van der Waals surface area contributed by atoms with Gasteiger partial charge in [-0.1, -0.05) is 25.1 Å². The molecule has 0 aliphatic carbocycles. The van der Waals surface area contributed by atoms with Crippen molar-refractivity contribution in [2.45, 2.75) is 31.2 Å². The van der Waals surface area contributed by atoms with E-state index < -0.39 is 0 Å². The van der Waals surface area contributed by atoms with Crippen LogP contribution >= 0.6 is 11.8 Å². The first-order chi connectivity index (χ1) is 7.65. The lowest BCUT2D eigenvalue weighted by Gasteiger charge is -2.23. The maximum absolute atomic E-state index is 11.8. The first kappa shape index (κ1) is 13.1. The van der Waals surface area contributed by atoms with Crippen LogP contribution in [-0.4, -0.2) is 29.6 Å². The molecule has 2 nitrogen and oxygen atoms in total. The summed E-state index contributed by atoms with van der Waals surface area (Å²) in [6.07, 6.45) is 0.998. The number of benzene rings is 1. The summed E-state index contributed by atoms with van der Waals surface area (Å²) in [5, 5.41) is 0. The molecule has 0 saturated heterocycles. The monoisotopic (exact) mass is 237 g/mol. The van der Waals surface area contributed by atoms with E-state index in [0.717, 1.165) is 11.3 Å². The molecule has 0 aliphatic heterocycles. The van der Waals surface area contributed by atoms with Crippen molar-refractivity contribution in [1.82, 2.24) is 4.90 Å². The molecule has 1 rings (SSSR count). The third-order valence-electron chi connectivity index (χ3n) is 2.75. The molecular formula is C13H19NOS. The summed E-state index contributed by atoms with van der Waals surface area (Å²) in [5.41, 5.74) is 0. The van der Waals surface area contributed by atoms with Crippen LogP contribution in [0.3, 0.4) is 0 Å². The van der Waals surface area contributed by atoms with Crippen molar-refractivity contribution in [2.24, 2.45) is 0 Å². The predicted molar refractivity (Wildman–Crippen MR) is 69.7 cm³/mol. The van der Waals surface area contributed by atoms with Gasteiger partial charge in [-0.2, -0.15) is 0 Å². The molecule has 0 aromatic heterocycles. The quantitative estimate of drug-likeness (QED) is 0.734. The maximum atomic E-state index is 11.8. The van der Waals surface area contributed by atoms with Crippen molar-refractivity contribution in [3.05, 3.63) is 30.3 Å². The first-order valence-corrected chi connectivity index (χ1v) is 6.57. The lowest BCUT2D eigenvalue weighted by Crippen LogP contribution is -2.35. The average Bonchev–Trinajstić information content (AvgIpc) is 2.35. The van der Waals surface area contributed by atoms with Crippen LogP contribution < -0.4 is 0 Å². The Labute approximate surface area is 102 Å². The van der Waals surface area contributed by atoms with Crippen LogP contribution in [0.2, 0.25) is 0 Å². The van der Waals surface area contributed by atoms with E-state index in [-0.39, 0.29) is 5.91 Å². The fourth-order valence-corrected chi connectivity index (χ4v) is 2.13. The summed E-state index contributed by atoms with van der Waals surface area (Å²) in [7, 11) is 1.88. The lowest BCUT2D eigenvalue weighted by atomic mass is 10.2. The van der Waals surface area contributed by atoms with Crippen molar-refractivity contribution >= 4 is 17.7 Å². The van der Waals surface area contributed by atoms with Gasteiger partial charge in [0.25, 0.3) is 0 Å². The topological polar surface area (TPSA) is 20.3 Å². The highest BCUT2D eigenvalue weighted by atomic mass is 32.2. The zero-order valence-corrected chi connectivity index (χ0v) is 11.0. The van der Waals surface area contributed by atoms with Crippen LogP contribution in [0.4, 0.5) is 0 Å². The van der Waals surface area contributed by atoms with Gasteiger partial charge in [-0.25, -0.2) is 0 Å². The van der Waals surface area contributed by atoms with Crippen LogP contribution in [0.15, 0.2) is 35.2 Å². The molecule has 0 radical (unpaired) electrons. The second-order valence-corrected chi connectivity index (χ2v) is 4.91. The van der Waals surface area contributed by atoms with Crippen molar-refractivity contribution in [3.63, 3.8) is 0 Å². The minimum Gasteiger partial charge on any atom is -0.342 e. The number of hydrogen-bond acceptors (Lipinski definition) is 2. The van der Waals surface area contributed by atoms with Gasteiger partial charge in [0.15, 0.2) is 0 Å². The molecule has 0 fully saturated rings. The van der Waals surface area contributed by atoms with E-state index in [1.807, 2.05) is 42.3 Å². The molecule has 88 valence electrons. The number of carbonyl (C=O) groups is 1. The van der Waals surface area contributed by atoms with Crippen molar-refractivity contribution in [2.75, 3.05) is 12.8 Å². The third-order valence-corrected chi connectivity index (χ3v) is 3.75. The number of thioether (sulfide) groups is 1. The summed E-state index contributed by atoms with van der Waals surface area (Å²) in [6, 6.07) is 10.3. The molecule has 0 N–H and O–H groups in total. The smallest absolute Gasteiger partial charge is 0.232 e. The van der Waals surface area contributed by atoms with E-state index in [1.165, 1.54) is 0 Å². The minimum absolute atomic E-state index is 0.197.